The zero-order chi connectivity index (χ0) is 37.5. The molecule has 0 fully saturated rings. The van der Waals surface area contributed by atoms with Gasteiger partial charge in [-0.1, -0.05) is 121 Å². The lowest BCUT2D eigenvalue weighted by atomic mass is 9.93. The van der Waals surface area contributed by atoms with Crippen molar-refractivity contribution in [3.05, 3.63) is 176 Å². The van der Waals surface area contributed by atoms with Crippen LogP contribution in [-0.4, -0.2) is 15.0 Å². The van der Waals surface area contributed by atoms with Crippen LogP contribution in [-0.2, 0) is 0 Å². The molecular weight excluding hydrogens is 719 g/mol. The normalized spacial score (nSPS) is 11.9. The monoisotopic (exact) mass is 747 g/mol. The number of furan rings is 2. The zero-order valence-corrected chi connectivity index (χ0v) is 31.1. The smallest absolute Gasteiger partial charge is 0.164 e. The molecule has 0 aliphatic heterocycles. The molecule has 266 valence electrons. The van der Waals surface area contributed by atoms with Crippen LogP contribution in [0.3, 0.4) is 0 Å². The Bertz CT molecular complexity index is 3540. The lowest BCUT2D eigenvalue weighted by Crippen LogP contribution is -2.00. The van der Waals surface area contributed by atoms with Gasteiger partial charge < -0.3 is 8.83 Å². The summed E-state index contributed by atoms with van der Waals surface area (Å²) >= 11 is 1.79. The molecule has 0 radical (unpaired) electrons. The number of fused-ring (bicyclic) bond motifs is 9. The Balaban J connectivity index is 0.955. The third-order valence-electron chi connectivity index (χ3n) is 11.0. The number of hydrogen-bond donors (Lipinski definition) is 0. The van der Waals surface area contributed by atoms with E-state index in [4.69, 9.17) is 23.8 Å². The summed E-state index contributed by atoms with van der Waals surface area (Å²) in [5, 5.41) is 6.85. The predicted molar refractivity (Wildman–Crippen MR) is 234 cm³/mol. The minimum Gasteiger partial charge on any atom is -0.456 e. The van der Waals surface area contributed by atoms with Gasteiger partial charge >= 0.3 is 0 Å². The quantitative estimate of drug-likeness (QED) is 0.175. The van der Waals surface area contributed by atoms with Crippen molar-refractivity contribution in [2.75, 3.05) is 0 Å². The van der Waals surface area contributed by atoms with Crippen LogP contribution in [0.4, 0.5) is 0 Å². The fraction of sp³-hybridized carbons (Fsp3) is 0. The first kappa shape index (κ1) is 31.9. The van der Waals surface area contributed by atoms with Gasteiger partial charge in [-0.15, -0.1) is 11.3 Å². The lowest BCUT2D eigenvalue weighted by molar-refractivity contribution is 0.668. The second-order valence-corrected chi connectivity index (χ2v) is 15.4. The van der Waals surface area contributed by atoms with Crippen molar-refractivity contribution < 1.29 is 8.83 Å². The number of rotatable bonds is 5. The number of hydrogen-bond acceptors (Lipinski definition) is 6. The second kappa shape index (κ2) is 12.6. The van der Waals surface area contributed by atoms with Gasteiger partial charge in [-0.2, -0.15) is 0 Å². The van der Waals surface area contributed by atoms with E-state index in [1.54, 1.807) is 11.3 Å². The molecule has 12 rings (SSSR count). The standard InChI is InChI=1S/C51H29N3O2S/c1-2-10-30(11-3-1)49-52-50(33-18-22-39-37-14-6-8-16-43(37)56-46(39)28-33)54-51(53-49)34-19-23-40-42-27-32(21-25-47(42)57-48(40)29-34)36-13-5-4-12-35(36)31-20-24-45-41(26-31)38-15-7-9-17-44(38)55-45/h1-29H. The Kier molecular flexibility index (Phi) is 7.03. The molecule has 6 heteroatoms. The van der Waals surface area contributed by atoms with Gasteiger partial charge in [0.05, 0.1) is 0 Å². The van der Waals surface area contributed by atoms with E-state index in [1.165, 1.54) is 36.9 Å². The van der Waals surface area contributed by atoms with Crippen LogP contribution in [0.2, 0.25) is 0 Å². The Hall–Kier alpha value is -7.41. The van der Waals surface area contributed by atoms with Crippen molar-refractivity contribution in [3.8, 4) is 56.4 Å². The maximum Gasteiger partial charge on any atom is 0.164 e. The molecule has 0 spiro atoms. The average molecular weight is 748 g/mol. The summed E-state index contributed by atoms with van der Waals surface area (Å²) in [6.07, 6.45) is 0. The molecule has 0 unspecified atom stereocenters. The molecular formula is C51H29N3O2S. The van der Waals surface area contributed by atoms with Gasteiger partial charge in [0, 0.05) is 58.4 Å². The van der Waals surface area contributed by atoms with Gasteiger partial charge in [-0.3, -0.25) is 0 Å². The average Bonchev–Trinajstić information content (AvgIpc) is 3.96. The van der Waals surface area contributed by atoms with Crippen LogP contribution in [0.15, 0.2) is 185 Å². The Morgan fingerprint density at radius 3 is 1.54 bits per heavy atom. The van der Waals surface area contributed by atoms with Crippen LogP contribution in [0.1, 0.15) is 0 Å². The van der Waals surface area contributed by atoms with Gasteiger partial charge in [-0.05, 0) is 76.9 Å². The molecule has 0 aliphatic rings. The minimum absolute atomic E-state index is 0.598. The van der Waals surface area contributed by atoms with Gasteiger partial charge in [0.25, 0.3) is 0 Å². The molecule has 0 saturated heterocycles. The highest BCUT2D eigenvalue weighted by atomic mass is 32.1. The fourth-order valence-electron chi connectivity index (χ4n) is 8.18. The largest absolute Gasteiger partial charge is 0.456 e. The number of para-hydroxylation sites is 2. The second-order valence-electron chi connectivity index (χ2n) is 14.4. The topological polar surface area (TPSA) is 65.0 Å². The minimum atomic E-state index is 0.598. The zero-order valence-electron chi connectivity index (χ0n) is 30.3. The highest BCUT2D eigenvalue weighted by Gasteiger charge is 2.17. The third kappa shape index (κ3) is 5.26. The van der Waals surface area contributed by atoms with E-state index < -0.39 is 0 Å². The summed E-state index contributed by atoms with van der Waals surface area (Å²) in [5.41, 5.74) is 10.9. The van der Waals surface area contributed by atoms with Gasteiger partial charge in [0.2, 0.25) is 0 Å². The van der Waals surface area contributed by atoms with Crippen LogP contribution in [0.25, 0.3) is 120 Å². The molecule has 0 aliphatic carbocycles. The van der Waals surface area contributed by atoms with Crippen molar-refractivity contribution in [1.29, 1.82) is 0 Å². The summed E-state index contributed by atoms with van der Waals surface area (Å²) < 4.78 is 14.8. The molecule has 0 atom stereocenters. The summed E-state index contributed by atoms with van der Waals surface area (Å²) in [4.78, 5) is 15.1. The highest BCUT2D eigenvalue weighted by Crippen LogP contribution is 2.42. The van der Waals surface area contributed by atoms with Crippen LogP contribution < -0.4 is 0 Å². The Labute approximate surface area is 330 Å². The first-order chi connectivity index (χ1) is 28.2. The molecule has 57 heavy (non-hydrogen) atoms. The van der Waals surface area contributed by atoms with Crippen LogP contribution in [0, 0.1) is 0 Å². The molecule has 8 aromatic carbocycles. The van der Waals surface area contributed by atoms with Gasteiger partial charge in [0.15, 0.2) is 17.5 Å². The van der Waals surface area contributed by atoms with Gasteiger partial charge in [0.1, 0.15) is 22.3 Å². The van der Waals surface area contributed by atoms with Crippen molar-refractivity contribution in [2.24, 2.45) is 0 Å². The Morgan fingerprint density at radius 1 is 0.298 bits per heavy atom. The van der Waals surface area contributed by atoms with E-state index in [0.717, 1.165) is 66.1 Å². The summed E-state index contributed by atoms with van der Waals surface area (Å²) in [5.74, 6) is 1.85. The summed E-state index contributed by atoms with van der Waals surface area (Å²) in [6, 6.07) is 61.2. The van der Waals surface area contributed by atoms with E-state index >= 15 is 0 Å². The number of aromatic nitrogens is 3. The first-order valence-electron chi connectivity index (χ1n) is 18.9. The van der Waals surface area contributed by atoms with Crippen molar-refractivity contribution >= 4 is 75.4 Å². The number of nitrogens with zero attached hydrogens (tertiary/aromatic N) is 3. The van der Waals surface area contributed by atoms with Gasteiger partial charge in [-0.25, -0.2) is 15.0 Å². The molecule has 4 heterocycles. The van der Waals surface area contributed by atoms with Crippen molar-refractivity contribution in [2.45, 2.75) is 0 Å². The van der Waals surface area contributed by atoms with E-state index in [2.05, 4.69) is 109 Å². The van der Waals surface area contributed by atoms with Crippen LogP contribution >= 0.6 is 11.3 Å². The number of benzene rings is 8. The Morgan fingerprint density at radius 2 is 0.807 bits per heavy atom. The molecule has 0 saturated carbocycles. The maximum atomic E-state index is 6.24. The van der Waals surface area contributed by atoms with Crippen LogP contribution in [0.5, 0.6) is 0 Å². The molecule has 0 amide bonds. The molecule has 4 aromatic heterocycles. The highest BCUT2D eigenvalue weighted by molar-refractivity contribution is 7.25. The van der Waals surface area contributed by atoms with E-state index in [9.17, 15) is 0 Å². The SMILES string of the molecule is c1ccc(-c2nc(-c3ccc4c(c3)oc3ccccc34)nc(-c3ccc4c(c3)sc3ccc(-c5ccccc5-c5ccc6oc7ccccc7c6c5)cc34)n2)cc1. The van der Waals surface area contributed by atoms with E-state index in [-0.39, 0.29) is 0 Å². The van der Waals surface area contributed by atoms with Crippen molar-refractivity contribution in [1.82, 2.24) is 15.0 Å². The maximum absolute atomic E-state index is 6.24. The number of thiophene rings is 1. The van der Waals surface area contributed by atoms with Crippen molar-refractivity contribution in [3.63, 3.8) is 0 Å². The molecule has 0 bridgehead atoms. The first-order valence-corrected chi connectivity index (χ1v) is 19.7. The fourth-order valence-corrected chi connectivity index (χ4v) is 9.31. The molecule has 12 aromatic rings. The van der Waals surface area contributed by atoms with E-state index in [0.29, 0.717) is 17.5 Å². The van der Waals surface area contributed by atoms with E-state index in [1.807, 2.05) is 66.7 Å². The molecule has 0 N–H and O–H groups in total. The third-order valence-corrected chi connectivity index (χ3v) is 12.1. The summed E-state index contributed by atoms with van der Waals surface area (Å²) in [7, 11) is 0. The summed E-state index contributed by atoms with van der Waals surface area (Å²) in [6.45, 7) is 0. The predicted octanol–water partition coefficient (Wildman–Crippen LogP) is 14.4. The lowest BCUT2D eigenvalue weighted by Gasteiger charge is -2.11. The molecule has 5 nitrogen and oxygen atoms in total.